The third kappa shape index (κ3) is 3.02. The largest absolute Gasteiger partial charge is 0.328 e. The molecule has 0 fully saturated rings. The maximum Gasteiger partial charge on any atom is 0.0408 e. The van der Waals surface area contributed by atoms with Crippen LogP contribution in [0, 0.1) is 0 Å². The van der Waals surface area contributed by atoms with Crippen LogP contribution in [0.5, 0.6) is 0 Å². The molecule has 0 heterocycles. The van der Waals surface area contributed by atoms with Crippen LogP contribution in [0.15, 0.2) is 18.2 Å². The van der Waals surface area contributed by atoms with Crippen LogP contribution in [0.25, 0.3) is 0 Å². The molecule has 0 saturated heterocycles. The Morgan fingerprint density at radius 3 is 2.62 bits per heavy atom. The van der Waals surface area contributed by atoms with Gasteiger partial charge < -0.3 is 5.73 Å². The van der Waals surface area contributed by atoms with Crippen LogP contribution in [0.3, 0.4) is 0 Å². The van der Waals surface area contributed by atoms with Crippen molar-refractivity contribution >= 4 is 11.6 Å². The Bertz CT molecular complexity index is 281. The molecule has 0 saturated carbocycles. The molecule has 0 amide bonds. The molecule has 2 N–H and O–H groups in total. The highest BCUT2D eigenvalue weighted by atomic mass is 35.5. The molecule has 1 aromatic rings. The molecule has 0 aliphatic carbocycles. The zero-order valence-electron chi connectivity index (χ0n) is 8.18. The smallest absolute Gasteiger partial charge is 0.0408 e. The molecule has 72 valence electrons. The van der Waals surface area contributed by atoms with Gasteiger partial charge in [0.25, 0.3) is 0 Å². The van der Waals surface area contributed by atoms with Gasteiger partial charge in [0.2, 0.25) is 0 Å². The van der Waals surface area contributed by atoms with Crippen molar-refractivity contribution in [2.45, 2.75) is 32.7 Å². The summed E-state index contributed by atoms with van der Waals surface area (Å²) in [5.41, 5.74) is 8.39. The quantitative estimate of drug-likeness (QED) is 0.793. The van der Waals surface area contributed by atoms with Crippen molar-refractivity contribution in [1.29, 1.82) is 0 Å². The van der Waals surface area contributed by atoms with E-state index in [-0.39, 0.29) is 6.04 Å². The SMILES string of the molecule is CCc1ccc(Cl)cc1C[C@H](C)N. The minimum atomic E-state index is 0.198. The van der Waals surface area contributed by atoms with Crippen molar-refractivity contribution in [1.82, 2.24) is 0 Å². The molecular formula is C11H16ClN. The second-order valence-corrected chi connectivity index (χ2v) is 3.88. The Morgan fingerprint density at radius 1 is 1.38 bits per heavy atom. The number of nitrogens with two attached hydrogens (primary N) is 1. The summed E-state index contributed by atoms with van der Waals surface area (Å²) < 4.78 is 0. The van der Waals surface area contributed by atoms with E-state index in [0.717, 1.165) is 17.9 Å². The lowest BCUT2D eigenvalue weighted by atomic mass is 10.00. The molecule has 1 aromatic carbocycles. The molecule has 2 heteroatoms. The van der Waals surface area contributed by atoms with E-state index in [1.165, 1.54) is 11.1 Å². The van der Waals surface area contributed by atoms with E-state index in [1.54, 1.807) is 0 Å². The van der Waals surface area contributed by atoms with Crippen LogP contribution in [0.1, 0.15) is 25.0 Å². The van der Waals surface area contributed by atoms with Gasteiger partial charge in [0.1, 0.15) is 0 Å². The minimum Gasteiger partial charge on any atom is -0.328 e. The van der Waals surface area contributed by atoms with Crippen molar-refractivity contribution in [3.8, 4) is 0 Å². The fourth-order valence-electron chi connectivity index (χ4n) is 1.48. The van der Waals surface area contributed by atoms with E-state index < -0.39 is 0 Å². The summed E-state index contributed by atoms with van der Waals surface area (Å²) in [6.45, 7) is 4.16. The number of hydrogen-bond acceptors (Lipinski definition) is 1. The molecule has 0 aromatic heterocycles. The van der Waals surface area contributed by atoms with Gasteiger partial charge in [-0.05, 0) is 43.0 Å². The first-order valence-corrected chi connectivity index (χ1v) is 5.04. The fourth-order valence-corrected chi connectivity index (χ4v) is 1.67. The number of benzene rings is 1. The molecular weight excluding hydrogens is 182 g/mol. The van der Waals surface area contributed by atoms with Crippen LogP contribution in [0.2, 0.25) is 5.02 Å². The monoisotopic (exact) mass is 197 g/mol. The number of aryl methyl sites for hydroxylation is 1. The highest BCUT2D eigenvalue weighted by molar-refractivity contribution is 6.30. The lowest BCUT2D eigenvalue weighted by molar-refractivity contribution is 0.732. The van der Waals surface area contributed by atoms with Crippen molar-refractivity contribution in [2.75, 3.05) is 0 Å². The average Bonchev–Trinajstić information content (AvgIpc) is 2.03. The molecule has 0 unspecified atom stereocenters. The molecule has 1 atom stereocenters. The van der Waals surface area contributed by atoms with E-state index in [1.807, 2.05) is 19.1 Å². The van der Waals surface area contributed by atoms with Gasteiger partial charge in [0, 0.05) is 11.1 Å². The highest BCUT2D eigenvalue weighted by Crippen LogP contribution is 2.17. The van der Waals surface area contributed by atoms with Crippen molar-refractivity contribution in [3.05, 3.63) is 34.3 Å². The molecule has 0 spiro atoms. The molecule has 0 aliphatic heterocycles. The summed E-state index contributed by atoms with van der Waals surface area (Å²) in [7, 11) is 0. The minimum absolute atomic E-state index is 0.198. The molecule has 0 aliphatic rings. The lowest BCUT2D eigenvalue weighted by Gasteiger charge is -2.10. The highest BCUT2D eigenvalue weighted by Gasteiger charge is 2.03. The summed E-state index contributed by atoms with van der Waals surface area (Å²) in [6.07, 6.45) is 1.95. The summed E-state index contributed by atoms with van der Waals surface area (Å²) >= 11 is 5.92. The first-order valence-electron chi connectivity index (χ1n) is 4.66. The first-order chi connectivity index (χ1) is 6.13. The topological polar surface area (TPSA) is 26.0 Å². The van der Waals surface area contributed by atoms with Crippen molar-refractivity contribution < 1.29 is 0 Å². The van der Waals surface area contributed by atoms with Crippen LogP contribution < -0.4 is 5.73 Å². The van der Waals surface area contributed by atoms with Gasteiger partial charge in [-0.1, -0.05) is 24.6 Å². The van der Waals surface area contributed by atoms with Crippen LogP contribution >= 0.6 is 11.6 Å². The summed E-state index contributed by atoms with van der Waals surface area (Å²) in [6, 6.07) is 6.23. The van der Waals surface area contributed by atoms with E-state index in [0.29, 0.717) is 0 Å². The Morgan fingerprint density at radius 2 is 2.08 bits per heavy atom. The molecule has 1 nitrogen and oxygen atoms in total. The predicted molar refractivity (Wildman–Crippen MR) is 58.2 cm³/mol. The van der Waals surface area contributed by atoms with E-state index in [9.17, 15) is 0 Å². The van der Waals surface area contributed by atoms with Crippen LogP contribution in [0.4, 0.5) is 0 Å². The van der Waals surface area contributed by atoms with Crippen molar-refractivity contribution in [3.63, 3.8) is 0 Å². The predicted octanol–water partition coefficient (Wildman–Crippen LogP) is 2.79. The first kappa shape index (κ1) is 10.6. The number of rotatable bonds is 3. The number of hydrogen-bond donors (Lipinski definition) is 1. The number of halogens is 1. The van der Waals surface area contributed by atoms with Gasteiger partial charge >= 0.3 is 0 Å². The third-order valence-corrected chi connectivity index (χ3v) is 2.33. The second kappa shape index (κ2) is 4.64. The van der Waals surface area contributed by atoms with Crippen molar-refractivity contribution in [2.24, 2.45) is 5.73 Å². The van der Waals surface area contributed by atoms with Gasteiger partial charge in [0.05, 0.1) is 0 Å². The fraction of sp³-hybridized carbons (Fsp3) is 0.455. The standard InChI is InChI=1S/C11H16ClN/c1-3-9-4-5-11(12)7-10(9)6-8(2)13/h4-5,7-8H,3,6,13H2,1-2H3/t8-/m0/s1. The Labute approximate surface area is 84.9 Å². The summed E-state index contributed by atoms with van der Waals surface area (Å²) in [4.78, 5) is 0. The van der Waals surface area contributed by atoms with E-state index >= 15 is 0 Å². The van der Waals surface area contributed by atoms with Gasteiger partial charge in [-0.15, -0.1) is 0 Å². The second-order valence-electron chi connectivity index (χ2n) is 3.45. The third-order valence-electron chi connectivity index (χ3n) is 2.09. The van der Waals surface area contributed by atoms with Crippen LogP contribution in [-0.2, 0) is 12.8 Å². The van der Waals surface area contributed by atoms with Gasteiger partial charge in [-0.25, -0.2) is 0 Å². The van der Waals surface area contributed by atoms with Gasteiger partial charge in [-0.3, -0.25) is 0 Å². The molecule has 0 radical (unpaired) electrons. The zero-order valence-corrected chi connectivity index (χ0v) is 8.93. The Balaban J connectivity index is 2.94. The zero-order chi connectivity index (χ0) is 9.84. The lowest BCUT2D eigenvalue weighted by Crippen LogP contribution is -2.18. The maximum atomic E-state index is 5.92. The van der Waals surface area contributed by atoms with Crippen LogP contribution in [-0.4, -0.2) is 6.04 Å². The van der Waals surface area contributed by atoms with Gasteiger partial charge in [-0.2, -0.15) is 0 Å². The normalized spacial score (nSPS) is 12.9. The molecule has 13 heavy (non-hydrogen) atoms. The molecule has 0 bridgehead atoms. The molecule has 1 rings (SSSR count). The average molecular weight is 198 g/mol. The summed E-state index contributed by atoms with van der Waals surface area (Å²) in [5, 5.41) is 0.799. The van der Waals surface area contributed by atoms with Gasteiger partial charge in [0.15, 0.2) is 0 Å². The Kier molecular flexibility index (Phi) is 3.76. The van der Waals surface area contributed by atoms with E-state index in [2.05, 4.69) is 13.0 Å². The maximum absolute atomic E-state index is 5.92. The Hall–Kier alpha value is -0.530. The summed E-state index contributed by atoms with van der Waals surface area (Å²) in [5.74, 6) is 0. The van der Waals surface area contributed by atoms with E-state index in [4.69, 9.17) is 17.3 Å².